The minimum absolute atomic E-state index is 0.0457. The van der Waals surface area contributed by atoms with Gasteiger partial charge in [0.2, 0.25) is 5.91 Å². The highest BCUT2D eigenvalue weighted by Gasteiger charge is 2.22. The number of benzene rings is 2. The number of anilines is 1. The van der Waals surface area contributed by atoms with Gasteiger partial charge in [-0.25, -0.2) is 4.98 Å². The summed E-state index contributed by atoms with van der Waals surface area (Å²) in [5.41, 5.74) is 2.33. The molecule has 160 valence electrons. The van der Waals surface area contributed by atoms with E-state index < -0.39 is 0 Å². The highest BCUT2D eigenvalue weighted by Crippen LogP contribution is 2.19. The van der Waals surface area contributed by atoms with Crippen LogP contribution in [0.3, 0.4) is 0 Å². The van der Waals surface area contributed by atoms with Gasteiger partial charge in [0.15, 0.2) is 0 Å². The summed E-state index contributed by atoms with van der Waals surface area (Å²) in [6.45, 7) is 3.74. The van der Waals surface area contributed by atoms with E-state index in [1.807, 2.05) is 48.5 Å². The summed E-state index contributed by atoms with van der Waals surface area (Å²) in [4.78, 5) is 21.7. The summed E-state index contributed by atoms with van der Waals surface area (Å²) in [6.07, 6.45) is 2.44. The van der Waals surface area contributed by atoms with E-state index in [9.17, 15) is 4.79 Å². The Balaban J connectivity index is 1.33. The highest BCUT2D eigenvalue weighted by molar-refractivity contribution is 6.30. The number of aromatic nitrogens is 1. The fraction of sp³-hybridized carbons (Fsp3) is 0.280. The molecule has 1 aliphatic rings. The standard InChI is InChI=1S/C25H27ClN4O/c26-22-11-12-24(27-18-22)30-15-13-29(14-16-30)19-25(31)28-23(21-9-5-2-6-10-21)17-20-7-3-1-4-8-20/h1-12,18,23H,13-17,19H2,(H,28,31). The number of carbonyl (C=O) groups excluding carboxylic acids is 1. The number of rotatable bonds is 7. The fourth-order valence-corrected chi connectivity index (χ4v) is 4.03. The zero-order valence-electron chi connectivity index (χ0n) is 17.5. The molecule has 6 heteroatoms. The summed E-state index contributed by atoms with van der Waals surface area (Å²) in [6, 6.07) is 24.2. The van der Waals surface area contributed by atoms with Gasteiger partial charge >= 0.3 is 0 Å². The average molecular weight is 435 g/mol. The van der Waals surface area contributed by atoms with Gasteiger partial charge in [-0.2, -0.15) is 0 Å². The zero-order valence-corrected chi connectivity index (χ0v) is 18.2. The number of nitrogens with one attached hydrogen (secondary N) is 1. The lowest BCUT2D eigenvalue weighted by Crippen LogP contribution is -2.50. The van der Waals surface area contributed by atoms with Crippen molar-refractivity contribution in [1.29, 1.82) is 0 Å². The summed E-state index contributed by atoms with van der Waals surface area (Å²) in [7, 11) is 0. The lowest BCUT2D eigenvalue weighted by molar-refractivity contribution is -0.123. The maximum Gasteiger partial charge on any atom is 0.234 e. The van der Waals surface area contributed by atoms with Crippen molar-refractivity contribution in [3.05, 3.63) is 95.1 Å². The minimum atomic E-state index is -0.0457. The van der Waals surface area contributed by atoms with Crippen molar-refractivity contribution in [2.75, 3.05) is 37.6 Å². The molecule has 1 amide bonds. The molecule has 1 aromatic heterocycles. The molecule has 1 fully saturated rings. The van der Waals surface area contributed by atoms with Crippen LogP contribution >= 0.6 is 11.6 Å². The molecule has 5 nitrogen and oxygen atoms in total. The van der Waals surface area contributed by atoms with Crippen molar-refractivity contribution in [3.63, 3.8) is 0 Å². The smallest absolute Gasteiger partial charge is 0.234 e. The second-order valence-electron chi connectivity index (χ2n) is 7.82. The number of nitrogens with zero attached hydrogens (tertiary/aromatic N) is 3. The van der Waals surface area contributed by atoms with E-state index in [-0.39, 0.29) is 11.9 Å². The van der Waals surface area contributed by atoms with Gasteiger partial charge in [-0.15, -0.1) is 0 Å². The van der Waals surface area contributed by atoms with Gasteiger partial charge in [-0.05, 0) is 29.7 Å². The Labute approximate surface area is 188 Å². The molecular formula is C25H27ClN4O. The van der Waals surface area contributed by atoms with Gasteiger partial charge in [0.25, 0.3) is 0 Å². The molecule has 3 aromatic rings. The largest absolute Gasteiger partial charge is 0.354 e. The Bertz CT molecular complexity index is 958. The van der Waals surface area contributed by atoms with E-state index in [0.717, 1.165) is 44.0 Å². The van der Waals surface area contributed by atoms with Crippen LogP contribution < -0.4 is 10.2 Å². The van der Waals surface area contributed by atoms with Crippen LogP contribution in [0.4, 0.5) is 5.82 Å². The normalized spacial score (nSPS) is 15.5. The Morgan fingerprint density at radius 2 is 1.61 bits per heavy atom. The lowest BCUT2D eigenvalue weighted by atomic mass is 9.99. The van der Waals surface area contributed by atoms with Crippen LogP contribution in [0.5, 0.6) is 0 Å². The molecule has 2 heterocycles. The minimum Gasteiger partial charge on any atom is -0.354 e. The highest BCUT2D eigenvalue weighted by atomic mass is 35.5. The van der Waals surface area contributed by atoms with Crippen LogP contribution in [0, 0.1) is 0 Å². The molecule has 4 rings (SSSR count). The first kappa shape index (κ1) is 21.3. The quantitative estimate of drug-likeness (QED) is 0.611. The molecule has 2 aromatic carbocycles. The van der Waals surface area contributed by atoms with Crippen molar-refractivity contribution in [2.24, 2.45) is 0 Å². The molecule has 1 aliphatic heterocycles. The molecule has 1 saturated heterocycles. The number of halogens is 1. The van der Waals surface area contributed by atoms with Crippen molar-refractivity contribution >= 4 is 23.3 Å². The third-order valence-corrected chi connectivity index (χ3v) is 5.82. The molecule has 0 bridgehead atoms. The van der Waals surface area contributed by atoms with E-state index in [1.54, 1.807) is 6.20 Å². The monoisotopic (exact) mass is 434 g/mol. The van der Waals surface area contributed by atoms with Crippen LogP contribution in [-0.4, -0.2) is 48.5 Å². The molecule has 0 spiro atoms. The first-order chi connectivity index (χ1) is 15.2. The molecular weight excluding hydrogens is 408 g/mol. The molecule has 1 unspecified atom stereocenters. The maximum absolute atomic E-state index is 12.9. The van der Waals surface area contributed by atoms with Crippen molar-refractivity contribution in [2.45, 2.75) is 12.5 Å². The summed E-state index contributed by atoms with van der Waals surface area (Å²) in [5.74, 6) is 0.989. The first-order valence-corrected chi connectivity index (χ1v) is 11.0. The second kappa shape index (κ2) is 10.4. The van der Waals surface area contributed by atoms with Gasteiger partial charge in [-0.3, -0.25) is 9.69 Å². The van der Waals surface area contributed by atoms with Crippen LogP contribution in [0.15, 0.2) is 79.0 Å². The second-order valence-corrected chi connectivity index (χ2v) is 8.25. The first-order valence-electron chi connectivity index (χ1n) is 10.6. The van der Waals surface area contributed by atoms with Gasteiger partial charge in [0, 0.05) is 32.4 Å². The number of hydrogen-bond acceptors (Lipinski definition) is 4. The van der Waals surface area contributed by atoms with Crippen molar-refractivity contribution < 1.29 is 4.79 Å². The predicted molar refractivity (Wildman–Crippen MR) is 125 cm³/mol. The van der Waals surface area contributed by atoms with Gasteiger partial charge in [-0.1, -0.05) is 72.3 Å². The third kappa shape index (κ3) is 6.06. The van der Waals surface area contributed by atoms with Crippen LogP contribution in [0.25, 0.3) is 0 Å². The predicted octanol–water partition coefficient (Wildman–Crippen LogP) is 3.96. The van der Waals surface area contributed by atoms with E-state index in [4.69, 9.17) is 11.6 Å². The van der Waals surface area contributed by atoms with E-state index in [0.29, 0.717) is 11.6 Å². The molecule has 0 saturated carbocycles. The average Bonchev–Trinajstić information content (AvgIpc) is 2.81. The van der Waals surface area contributed by atoms with E-state index >= 15 is 0 Å². The number of carbonyl (C=O) groups is 1. The molecule has 1 atom stereocenters. The van der Waals surface area contributed by atoms with E-state index in [1.165, 1.54) is 5.56 Å². The van der Waals surface area contributed by atoms with Gasteiger partial charge in [0.05, 0.1) is 17.6 Å². The summed E-state index contributed by atoms with van der Waals surface area (Å²) in [5, 5.41) is 3.90. The molecule has 0 aliphatic carbocycles. The number of hydrogen-bond donors (Lipinski definition) is 1. The van der Waals surface area contributed by atoms with Crippen LogP contribution in [-0.2, 0) is 11.2 Å². The van der Waals surface area contributed by atoms with Crippen LogP contribution in [0.1, 0.15) is 17.2 Å². The molecule has 0 radical (unpaired) electrons. The molecule has 1 N–H and O–H groups in total. The number of piperazine rings is 1. The summed E-state index contributed by atoms with van der Waals surface area (Å²) >= 11 is 5.93. The summed E-state index contributed by atoms with van der Waals surface area (Å²) < 4.78 is 0. The number of amides is 1. The third-order valence-electron chi connectivity index (χ3n) is 5.60. The van der Waals surface area contributed by atoms with Crippen molar-refractivity contribution in [3.8, 4) is 0 Å². The Morgan fingerprint density at radius 1 is 0.935 bits per heavy atom. The van der Waals surface area contributed by atoms with E-state index in [2.05, 4.69) is 44.4 Å². The van der Waals surface area contributed by atoms with Gasteiger partial charge in [0.1, 0.15) is 5.82 Å². The Morgan fingerprint density at radius 3 is 2.26 bits per heavy atom. The number of pyridine rings is 1. The lowest BCUT2D eigenvalue weighted by Gasteiger charge is -2.35. The molecule has 31 heavy (non-hydrogen) atoms. The maximum atomic E-state index is 12.9. The fourth-order valence-electron chi connectivity index (χ4n) is 3.92. The van der Waals surface area contributed by atoms with Crippen LogP contribution in [0.2, 0.25) is 5.02 Å². The van der Waals surface area contributed by atoms with Gasteiger partial charge < -0.3 is 10.2 Å². The van der Waals surface area contributed by atoms with Crippen molar-refractivity contribution in [1.82, 2.24) is 15.2 Å². The SMILES string of the molecule is O=C(CN1CCN(c2ccc(Cl)cn2)CC1)NC(Cc1ccccc1)c1ccccc1. The topological polar surface area (TPSA) is 48.5 Å². The zero-order chi connectivity index (χ0) is 21.5. The Hall–Kier alpha value is -2.89. The Kier molecular flexibility index (Phi) is 7.18.